The highest BCUT2D eigenvalue weighted by atomic mass is 16.6. The van der Waals surface area contributed by atoms with Gasteiger partial charge in [0.05, 0.1) is 6.61 Å². The van der Waals surface area contributed by atoms with Gasteiger partial charge >= 0.3 is 12.1 Å². The van der Waals surface area contributed by atoms with E-state index in [1.165, 1.54) is 12.2 Å². The topological polar surface area (TPSA) is 55.8 Å². The van der Waals surface area contributed by atoms with Crippen molar-refractivity contribution in [2.75, 3.05) is 6.61 Å². The standard InChI is InChI=1S/C22H25NO4/c1-3-26-21(24)15-14-18(2)27-22(25)23(16-19-10-6-4-7-11-19)17-20-12-8-5-9-13-20/h4-15,18H,3,16-17H2,1-2H3/b15-14+. The lowest BCUT2D eigenvalue weighted by Gasteiger charge is -2.24. The number of benzene rings is 2. The van der Waals surface area contributed by atoms with E-state index >= 15 is 0 Å². The summed E-state index contributed by atoms with van der Waals surface area (Å²) >= 11 is 0. The lowest BCUT2D eigenvalue weighted by atomic mass is 10.2. The molecule has 0 N–H and O–H groups in total. The molecular weight excluding hydrogens is 342 g/mol. The van der Waals surface area contributed by atoms with Gasteiger partial charge in [-0.15, -0.1) is 0 Å². The Hall–Kier alpha value is -3.08. The maximum Gasteiger partial charge on any atom is 0.410 e. The zero-order chi connectivity index (χ0) is 19.5. The van der Waals surface area contributed by atoms with Gasteiger partial charge in [0, 0.05) is 19.2 Å². The van der Waals surface area contributed by atoms with Crippen LogP contribution in [0.15, 0.2) is 72.8 Å². The van der Waals surface area contributed by atoms with Gasteiger partial charge in [-0.05, 0) is 31.1 Å². The predicted molar refractivity (Wildman–Crippen MR) is 104 cm³/mol. The number of hydrogen-bond donors (Lipinski definition) is 0. The first-order valence-electron chi connectivity index (χ1n) is 8.97. The second kappa shape index (κ2) is 10.8. The summed E-state index contributed by atoms with van der Waals surface area (Å²) in [4.78, 5) is 25.7. The average molecular weight is 367 g/mol. The number of ether oxygens (including phenoxy) is 2. The number of esters is 1. The lowest BCUT2D eigenvalue weighted by Crippen LogP contribution is -2.32. The molecule has 0 radical (unpaired) electrons. The van der Waals surface area contributed by atoms with Gasteiger partial charge in [0.1, 0.15) is 6.10 Å². The summed E-state index contributed by atoms with van der Waals surface area (Å²) in [5, 5.41) is 0. The summed E-state index contributed by atoms with van der Waals surface area (Å²) in [6.07, 6.45) is 1.80. The highest BCUT2D eigenvalue weighted by Crippen LogP contribution is 2.12. The third-order valence-corrected chi connectivity index (χ3v) is 3.77. The van der Waals surface area contributed by atoms with Crippen LogP contribution < -0.4 is 0 Å². The van der Waals surface area contributed by atoms with Crippen molar-refractivity contribution in [1.82, 2.24) is 4.90 Å². The molecule has 27 heavy (non-hydrogen) atoms. The molecule has 5 nitrogen and oxygen atoms in total. The Morgan fingerprint density at radius 2 is 1.48 bits per heavy atom. The van der Waals surface area contributed by atoms with E-state index in [9.17, 15) is 9.59 Å². The third kappa shape index (κ3) is 7.36. The van der Waals surface area contributed by atoms with E-state index in [1.54, 1.807) is 18.7 Å². The van der Waals surface area contributed by atoms with Crippen LogP contribution in [0, 0.1) is 0 Å². The van der Waals surface area contributed by atoms with Crippen LogP contribution in [0.5, 0.6) is 0 Å². The van der Waals surface area contributed by atoms with Gasteiger partial charge in [0.15, 0.2) is 0 Å². The van der Waals surface area contributed by atoms with Crippen molar-refractivity contribution in [1.29, 1.82) is 0 Å². The van der Waals surface area contributed by atoms with E-state index in [0.29, 0.717) is 19.7 Å². The molecule has 0 bridgehead atoms. The zero-order valence-electron chi connectivity index (χ0n) is 15.7. The molecule has 2 aromatic carbocycles. The Morgan fingerprint density at radius 1 is 0.963 bits per heavy atom. The molecule has 0 spiro atoms. The maximum absolute atomic E-state index is 12.7. The maximum atomic E-state index is 12.7. The average Bonchev–Trinajstić information content (AvgIpc) is 2.68. The number of carbonyl (C=O) groups excluding carboxylic acids is 2. The molecular formula is C22H25NO4. The first kappa shape index (κ1) is 20.2. The van der Waals surface area contributed by atoms with Crippen molar-refractivity contribution in [2.45, 2.75) is 33.0 Å². The Kier molecular flexibility index (Phi) is 8.10. The molecule has 0 aliphatic heterocycles. The van der Waals surface area contributed by atoms with Gasteiger partial charge in [-0.2, -0.15) is 0 Å². The molecule has 0 heterocycles. The van der Waals surface area contributed by atoms with Crippen LogP contribution in [0.4, 0.5) is 4.79 Å². The Balaban J connectivity index is 2.04. The van der Waals surface area contributed by atoms with Crippen molar-refractivity contribution in [2.24, 2.45) is 0 Å². The van der Waals surface area contributed by atoms with Gasteiger partial charge in [-0.3, -0.25) is 4.90 Å². The van der Waals surface area contributed by atoms with E-state index in [2.05, 4.69) is 0 Å². The third-order valence-electron chi connectivity index (χ3n) is 3.77. The normalized spacial score (nSPS) is 11.8. The first-order chi connectivity index (χ1) is 13.1. The van der Waals surface area contributed by atoms with Crippen molar-refractivity contribution < 1.29 is 19.1 Å². The highest BCUT2D eigenvalue weighted by Gasteiger charge is 2.18. The van der Waals surface area contributed by atoms with Crippen LogP contribution in [0.2, 0.25) is 0 Å². The minimum Gasteiger partial charge on any atom is -0.463 e. The number of rotatable bonds is 8. The summed E-state index contributed by atoms with van der Waals surface area (Å²) in [6, 6.07) is 19.5. The molecule has 5 heteroatoms. The van der Waals surface area contributed by atoms with Crippen LogP contribution >= 0.6 is 0 Å². The number of amides is 1. The van der Waals surface area contributed by atoms with Crippen molar-refractivity contribution in [3.8, 4) is 0 Å². The van der Waals surface area contributed by atoms with Crippen LogP contribution in [-0.4, -0.2) is 29.7 Å². The highest BCUT2D eigenvalue weighted by molar-refractivity contribution is 5.82. The Morgan fingerprint density at radius 3 is 1.96 bits per heavy atom. The fourth-order valence-corrected chi connectivity index (χ4v) is 2.47. The number of carbonyl (C=O) groups is 2. The van der Waals surface area contributed by atoms with Crippen molar-refractivity contribution >= 4 is 12.1 Å². The number of nitrogens with zero attached hydrogens (tertiary/aromatic N) is 1. The number of hydrogen-bond acceptors (Lipinski definition) is 4. The quantitative estimate of drug-likeness (QED) is 0.515. The van der Waals surface area contributed by atoms with E-state index < -0.39 is 18.2 Å². The zero-order valence-corrected chi connectivity index (χ0v) is 15.7. The minimum absolute atomic E-state index is 0.305. The SMILES string of the molecule is CCOC(=O)/C=C/C(C)OC(=O)N(Cc1ccccc1)Cc1ccccc1. The summed E-state index contributed by atoms with van der Waals surface area (Å²) in [6.45, 7) is 4.61. The molecule has 1 amide bonds. The Labute approximate surface area is 160 Å². The molecule has 0 saturated carbocycles. The largest absolute Gasteiger partial charge is 0.463 e. The van der Waals surface area contributed by atoms with Crippen molar-refractivity contribution in [3.63, 3.8) is 0 Å². The fraction of sp³-hybridized carbons (Fsp3) is 0.273. The molecule has 2 rings (SSSR count). The monoisotopic (exact) mass is 367 g/mol. The first-order valence-corrected chi connectivity index (χ1v) is 8.97. The van der Waals surface area contributed by atoms with Crippen LogP contribution in [0.25, 0.3) is 0 Å². The van der Waals surface area contributed by atoms with Crippen LogP contribution in [0.3, 0.4) is 0 Å². The molecule has 2 aromatic rings. The second-order valence-electron chi connectivity index (χ2n) is 6.03. The van der Waals surface area contributed by atoms with Crippen LogP contribution in [0.1, 0.15) is 25.0 Å². The van der Waals surface area contributed by atoms with Gasteiger partial charge in [-0.1, -0.05) is 60.7 Å². The van der Waals surface area contributed by atoms with Gasteiger partial charge in [0.2, 0.25) is 0 Å². The Bertz CT molecular complexity index is 702. The summed E-state index contributed by atoms with van der Waals surface area (Å²) in [7, 11) is 0. The van der Waals surface area contributed by atoms with Crippen molar-refractivity contribution in [3.05, 3.63) is 83.9 Å². The van der Waals surface area contributed by atoms with Gasteiger partial charge < -0.3 is 9.47 Å². The summed E-state index contributed by atoms with van der Waals surface area (Å²) in [5.41, 5.74) is 2.03. The molecule has 0 fully saturated rings. The molecule has 0 aromatic heterocycles. The molecule has 0 aliphatic rings. The molecule has 1 unspecified atom stereocenters. The van der Waals surface area contributed by atoms with Gasteiger partial charge in [-0.25, -0.2) is 9.59 Å². The second-order valence-corrected chi connectivity index (χ2v) is 6.03. The van der Waals surface area contributed by atoms with E-state index in [-0.39, 0.29) is 0 Å². The van der Waals surface area contributed by atoms with E-state index in [4.69, 9.17) is 9.47 Å². The molecule has 142 valence electrons. The van der Waals surface area contributed by atoms with E-state index in [0.717, 1.165) is 11.1 Å². The predicted octanol–water partition coefficient (Wildman–Crippen LogP) is 4.33. The fourth-order valence-electron chi connectivity index (χ4n) is 2.47. The summed E-state index contributed by atoms with van der Waals surface area (Å²) < 4.78 is 10.3. The minimum atomic E-state index is -0.545. The molecule has 0 aliphatic carbocycles. The summed E-state index contributed by atoms with van der Waals surface area (Å²) in [5.74, 6) is -0.453. The van der Waals surface area contributed by atoms with E-state index in [1.807, 2.05) is 60.7 Å². The lowest BCUT2D eigenvalue weighted by molar-refractivity contribution is -0.137. The van der Waals surface area contributed by atoms with Gasteiger partial charge in [0.25, 0.3) is 0 Å². The van der Waals surface area contributed by atoms with Crippen LogP contribution in [-0.2, 0) is 27.4 Å². The smallest absolute Gasteiger partial charge is 0.410 e. The molecule has 0 saturated heterocycles. The molecule has 1 atom stereocenters.